The van der Waals surface area contributed by atoms with Gasteiger partial charge in [0, 0.05) is 10.6 Å². The molecule has 0 bridgehead atoms. The van der Waals surface area contributed by atoms with Crippen molar-refractivity contribution in [3.63, 3.8) is 0 Å². The molecule has 1 aromatic carbocycles. The number of hydrogen-bond donors (Lipinski definition) is 2. The quantitative estimate of drug-likeness (QED) is 0.705. The smallest absolute Gasteiger partial charge is 0.272 e. The minimum absolute atomic E-state index is 0.177. The van der Waals surface area contributed by atoms with Crippen LogP contribution < -0.4 is 10.0 Å². The number of hydrogen-bond acceptors (Lipinski definition) is 6. The maximum Gasteiger partial charge on any atom is 0.272 e. The van der Waals surface area contributed by atoms with Crippen LogP contribution in [0.25, 0.3) is 0 Å². The van der Waals surface area contributed by atoms with Gasteiger partial charge >= 0.3 is 0 Å². The third-order valence-corrected chi connectivity index (χ3v) is 6.51. The van der Waals surface area contributed by atoms with Crippen molar-refractivity contribution in [2.75, 3.05) is 10.0 Å². The zero-order valence-corrected chi connectivity index (χ0v) is 15.7. The number of rotatable bonds is 5. The summed E-state index contributed by atoms with van der Waals surface area (Å²) in [6, 6.07) is 12.6. The Bertz CT molecular complexity index is 996. The van der Waals surface area contributed by atoms with Crippen LogP contribution in [-0.4, -0.2) is 18.6 Å². The Hall–Kier alpha value is -2.45. The Labute approximate surface area is 151 Å². The summed E-state index contributed by atoms with van der Waals surface area (Å²) in [6.07, 6.45) is 0. The van der Waals surface area contributed by atoms with Gasteiger partial charge in [0.2, 0.25) is 0 Å². The summed E-state index contributed by atoms with van der Waals surface area (Å²) in [7, 11) is -3.63. The molecule has 0 fully saturated rings. The molecule has 0 amide bonds. The number of sulfonamides is 1. The minimum Gasteiger partial charge on any atom is -0.339 e. The lowest BCUT2D eigenvalue weighted by molar-refractivity contribution is 0.603. The molecule has 0 saturated carbocycles. The van der Waals surface area contributed by atoms with Gasteiger partial charge in [0.15, 0.2) is 11.6 Å². The van der Waals surface area contributed by atoms with Crippen LogP contribution in [0.15, 0.2) is 46.7 Å². The molecule has 0 radical (unpaired) electrons. The molecular formula is C17H18N4O2S2. The second-order valence-corrected chi connectivity index (χ2v) is 8.90. The molecule has 0 unspecified atom stereocenters. The number of thiophene rings is 1. The van der Waals surface area contributed by atoms with E-state index in [1.54, 1.807) is 24.3 Å². The third kappa shape index (κ3) is 4.15. The predicted octanol–water partition coefficient (Wildman–Crippen LogP) is 4.01. The zero-order valence-electron chi connectivity index (χ0n) is 14.1. The first-order valence-corrected chi connectivity index (χ1v) is 9.91. The number of benzene rings is 1. The van der Waals surface area contributed by atoms with Crippen molar-refractivity contribution in [1.29, 1.82) is 0 Å². The second kappa shape index (κ2) is 6.81. The van der Waals surface area contributed by atoms with Crippen LogP contribution in [0.3, 0.4) is 0 Å². The average Bonchev–Trinajstić information content (AvgIpc) is 3.00. The highest BCUT2D eigenvalue weighted by atomic mass is 32.2. The Balaban J connectivity index is 1.72. The Kier molecular flexibility index (Phi) is 4.73. The maximum atomic E-state index is 12.3. The summed E-state index contributed by atoms with van der Waals surface area (Å²) in [5.41, 5.74) is 3.29. The normalized spacial score (nSPS) is 11.3. The molecule has 6 nitrogen and oxygen atoms in total. The van der Waals surface area contributed by atoms with E-state index in [1.165, 1.54) is 22.5 Å². The topological polar surface area (TPSA) is 84.0 Å². The highest BCUT2D eigenvalue weighted by Gasteiger charge is 2.17. The summed E-state index contributed by atoms with van der Waals surface area (Å²) >= 11 is 1.21. The molecule has 0 aliphatic heterocycles. The van der Waals surface area contributed by atoms with E-state index in [2.05, 4.69) is 27.2 Å². The largest absolute Gasteiger partial charge is 0.339 e. The average molecular weight is 374 g/mol. The van der Waals surface area contributed by atoms with E-state index in [4.69, 9.17) is 0 Å². The van der Waals surface area contributed by atoms with Crippen molar-refractivity contribution in [3.05, 3.63) is 58.5 Å². The van der Waals surface area contributed by atoms with E-state index in [-0.39, 0.29) is 10.0 Å². The molecule has 2 N–H and O–H groups in total. The van der Waals surface area contributed by atoms with Gasteiger partial charge in [-0.3, -0.25) is 4.72 Å². The summed E-state index contributed by atoms with van der Waals surface area (Å²) in [5.74, 6) is 0.717. The van der Waals surface area contributed by atoms with Gasteiger partial charge in [-0.1, -0.05) is 6.07 Å². The number of aryl methyl sites for hydroxylation is 3. The predicted molar refractivity (Wildman–Crippen MR) is 101 cm³/mol. The van der Waals surface area contributed by atoms with Gasteiger partial charge in [0.05, 0.1) is 0 Å². The second-order valence-electron chi connectivity index (χ2n) is 5.70. The lowest BCUT2D eigenvalue weighted by Gasteiger charge is -2.09. The molecule has 2 heterocycles. The van der Waals surface area contributed by atoms with Crippen molar-refractivity contribution >= 4 is 38.7 Å². The van der Waals surface area contributed by atoms with E-state index >= 15 is 0 Å². The van der Waals surface area contributed by atoms with Gasteiger partial charge in [0.1, 0.15) is 4.21 Å². The monoisotopic (exact) mass is 374 g/mol. The van der Waals surface area contributed by atoms with Crippen molar-refractivity contribution in [3.8, 4) is 0 Å². The first-order valence-electron chi connectivity index (χ1n) is 7.61. The highest BCUT2D eigenvalue weighted by molar-refractivity contribution is 7.94. The van der Waals surface area contributed by atoms with Gasteiger partial charge in [-0.05, 0) is 68.3 Å². The maximum absolute atomic E-state index is 12.3. The summed E-state index contributed by atoms with van der Waals surface area (Å²) < 4.78 is 27.2. The van der Waals surface area contributed by atoms with Crippen molar-refractivity contribution < 1.29 is 8.42 Å². The Morgan fingerprint density at radius 2 is 1.60 bits per heavy atom. The van der Waals surface area contributed by atoms with Crippen molar-refractivity contribution in [2.24, 2.45) is 0 Å². The zero-order chi connectivity index (χ0) is 18.0. The van der Waals surface area contributed by atoms with Gasteiger partial charge in [0.25, 0.3) is 10.0 Å². The van der Waals surface area contributed by atoms with E-state index in [0.717, 1.165) is 10.6 Å². The molecule has 2 aromatic heterocycles. The number of nitrogens with zero attached hydrogens (tertiary/aromatic N) is 2. The van der Waals surface area contributed by atoms with Crippen LogP contribution in [0.2, 0.25) is 0 Å². The van der Waals surface area contributed by atoms with Gasteiger partial charge in [-0.15, -0.1) is 21.5 Å². The summed E-state index contributed by atoms with van der Waals surface area (Å²) in [5, 5.41) is 11.1. The first-order chi connectivity index (χ1) is 11.8. The first kappa shape index (κ1) is 17.4. The molecule has 0 saturated heterocycles. The third-order valence-electron chi connectivity index (χ3n) is 3.66. The van der Waals surface area contributed by atoms with E-state index in [9.17, 15) is 8.42 Å². The molecule has 3 aromatic rings. The summed E-state index contributed by atoms with van der Waals surface area (Å²) in [6.45, 7) is 5.95. The molecule has 0 aliphatic carbocycles. The van der Waals surface area contributed by atoms with Crippen molar-refractivity contribution in [1.82, 2.24) is 10.2 Å². The molecule has 3 rings (SSSR count). The molecule has 25 heavy (non-hydrogen) atoms. The molecule has 8 heteroatoms. The van der Waals surface area contributed by atoms with Crippen LogP contribution in [0, 0.1) is 20.8 Å². The fourth-order valence-corrected chi connectivity index (χ4v) is 4.44. The van der Waals surface area contributed by atoms with Gasteiger partial charge < -0.3 is 5.32 Å². The number of nitrogens with one attached hydrogen (secondary N) is 2. The molecule has 0 atom stereocenters. The number of aromatic nitrogens is 2. The van der Waals surface area contributed by atoms with Crippen LogP contribution in [0.5, 0.6) is 0 Å². The lowest BCUT2D eigenvalue weighted by atomic mass is 10.1. The lowest BCUT2D eigenvalue weighted by Crippen LogP contribution is -2.13. The highest BCUT2D eigenvalue weighted by Crippen LogP contribution is 2.23. The number of anilines is 3. The van der Waals surface area contributed by atoms with Crippen LogP contribution in [0.1, 0.15) is 16.0 Å². The van der Waals surface area contributed by atoms with Crippen LogP contribution in [-0.2, 0) is 10.0 Å². The summed E-state index contributed by atoms with van der Waals surface area (Å²) in [4.78, 5) is 0.930. The van der Waals surface area contributed by atoms with E-state index in [0.29, 0.717) is 5.82 Å². The Morgan fingerprint density at radius 3 is 2.20 bits per heavy atom. The molecule has 130 valence electrons. The molecule has 0 spiro atoms. The SMILES string of the molecule is Cc1ccc(S(=O)(=O)Nc2ccc(Nc3ccc(C)c(C)c3)nn2)s1. The van der Waals surface area contributed by atoms with Gasteiger partial charge in [-0.2, -0.15) is 0 Å². The van der Waals surface area contributed by atoms with Crippen LogP contribution >= 0.6 is 11.3 Å². The van der Waals surface area contributed by atoms with Crippen molar-refractivity contribution in [2.45, 2.75) is 25.0 Å². The van der Waals surface area contributed by atoms with Crippen LogP contribution in [0.4, 0.5) is 17.3 Å². The Morgan fingerprint density at radius 1 is 0.880 bits per heavy atom. The minimum atomic E-state index is -3.63. The van der Waals surface area contributed by atoms with Gasteiger partial charge in [-0.25, -0.2) is 8.42 Å². The standard InChI is InChI=1S/C17H18N4O2S2/c1-11-4-6-14(10-12(11)2)18-15-7-8-16(20-19-15)21-25(22,23)17-9-5-13(3)24-17/h4-10H,1-3H3,(H,18,19)(H,20,21). The molecular weight excluding hydrogens is 356 g/mol. The van der Waals surface area contributed by atoms with E-state index in [1.807, 2.05) is 32.0 Å². The fraction of sp³-hybridized carbons (Fsp3) is 0.176. The fourth-order valence-electron chi connectivity index (χ4n) is 2.16. The van der Waals surface area contributed by atoms with E-state index < -0.39 is 10.0 Å². The molecule has 0 aliphatic rings.